The number of benzene rings is 2. The first kappa shape index (κ1) is 27.1. The molecule has 0 unspecified atom stereocenters. The van der Waals surface area contributed by atoms with Gasteiger partial charge < -0.3 is 15.7 Å². The number of thiophene rings is 1. The highest BCUT2D eigenvalue weighted by Crippen LogP contribution is 2.25. The molecule has 36 heavy (non-hydrogen) atoms. The van der Waals surface area contributed by atoms with Gasteiger partial charge in [-0.3, -0.25) is 9.59 Å². The van der Waals surface area contributed by atoms with Crippen molar-refractivity contribution in [1.29, 1.82) is 0 Å². The van der Waals surface area contributed by atoms with E-state index in [-0.39, 0.29) is 27.0 Å². The second kappa shape index (κ2) is 12.0. The fourth-order valence-corrected chi connectivity index (χ4v) is 5.98. The molecule has 3 rings (SSSR count). The third kappa shape index (κ3) is 7.02. The van der Waals surface area contributed by atoms with Crippen molar-refractivity contribution < 1.29 is 27.9 Å². The molecule has 1 aromatic heterocycles. The third-order valence-electron chi connectivity index (χ3n) is 5.41. The first-order valence-corrected chi connectivity index (χ1v) is 13.7. The topological polar surface area (TPSA) is 130 Å². The standard InChI is InChI=1S/C26H28N2O6S2/c1-17(2)15-21(25(30)28-22(26(31)32)16-18-7-4-3-5-8-18)27-24(29)19-10-12-20(13-11-19)36(33,34)23-9-6-14-35-23/h3-14,17,21-22H,15-16H2,1-2H3,(H,27,29)(H,28,30)(H,31,32)/t21-,22-/m0/s1. The van der Waals surface area contributed by atoms with Gasteiger partial charge in [-0.2, -0.15) is 0 Å². The van der Waals surface area contributed by atoms with Crippen LogP contribution in [0.25, 0.3) is 0 Å². The molecule has 0 radical (unpaired) electrons. The maximum atomic E-state index is 13.0. The fourth-order valence-electron chi connectivity index (χ4n) is 3.58. The van der Waals surface area contributed by atoms with E-state index in [1.807, 2.05) is 19.9 Å². The molecule has 1 heterocycles. The molecular weight excluding hydrogens is 500 g/mol. The maximum absolute atomic E-state index is 13.0. The minimum Gasteiger partial charge on any atom is -0.480 e. The van der Waals surface area contributed by atoms with Crippen molar-refractivity contribution in [3.8, 4) is 0 Å². The summed E-state index contributed by atoms with van der Waals surface area (Å²) in [6.07, 6.45) is 0.393. The Morgan fingerprint density at radius 1 is 0.889 bits per heavy atom. The molecular formula is C26H28N2O6S2. The molecule has 0 fully saturated rings. The molecule has 2 atom stereocenters. The average Bonchev–Trinajstić information content (AvgIpc) is 3.39. The first-order chi connectivity index (χ1) is 17.1. The zero-order valence-corrected chi connectivity index (χ0v) is 21.5. The van der Waals surface area contributed by atoms with E-state index in [1.54, 1.807) is 35.7 Å². The van der Waals surface area contributed by atoms with Gasteiger partial charge in [0.1, 0.15) is 16.3 Å². The van der Waals surface area contributed by atoms with Crippen molar-refractivity contribution >= 4 is 39.0 Å². The second-order valence-corrected chi connectivity index (χ2v) is 11.8. The molecule has 2 aromatic carbocycles. The van der Waals surface area contributed by atoms with E-state index in [9.17, 15) is 27.9 Å². The summed E-state index contributed by atoms with van der Waals surface area (Å²) in [4.78, 5) is 37.7. The monoisotopic (exact) mass is 528 g/mol. The van der Waals surface area contributed by atoms with E-state index >= 15 is 0 Å². The Morgan fingerprint density at radius 3 is 2.11 bits per heavy atom. The van der Waals surface area contributed by atoms with Crippen LogP contribution >= 0.6 is 11.3 Å². The number of carboxylic acids is 1. The predicted molar refractivity (Wildman–Crippen MR) is 137 cm³/mol. The largest absolute Gasteiger partial charge is 0.480 e. The highest BCUT2D eigenvalue weighted by molar-refractivity contribution is 7.93. The summed E-state index contributed by atoms with van der Waals surface area (Å²) < 4.78 is 25.5. The lowest BCUT2D eigenvalue weighted by atomic mass is 10.0. The molecule has 2 amide bonds. The molecule has 8 nitrogen and oxygen atoms in total. The minimum absolute atomic E-state index is 0.0387. The highest BCUT2D eigenvalue weighted by Gasteiger charge is 2.28. The summed E-state index contributed by atoms with van der Waals surface area (Å²) >= 11 is 1.11. The Balaban J connectivity index is 1.72. The number of nitrogens with one attached hydrogen (secondary N) is 2. The zero-order chi connectivity index (χ0) is 26.3. The van der Waals surface area contributed by atoms with Gasteiger partial charge in [-0.1, -0.05) is 50.2 Å². The molecule has 0 saturated heterocycles. The van der Waals surface area contributed by atoms with Crippen molar-refractivity contribution in [2.75, 3.05) is 0 Å². The van der Waals surface area contributed by atoms with E-state index in [4.69, 9.17) is 0 Å². The van der Waals surface area contributed by atoms with Crippen molar-refractivity contribution in [3.05, 3.63) is 83.2 Å². The van der Waals surface area contributed by atoms with Crippen LogP contribution in [0.5, 0.6) is 0 Å². The average molecular weight is 529 g/mol. The minimum atomic E-state index is -3.67. The number of amides is 2. The predicted octanol–water partition coefficient (Wildman–Crippen LogP) is 3.54. The summed E-state index contributed by atoms with van der Waals surface area (Å²) in [7, 11) is -3.67. The number of carbonyl (C=O) groups is 3. The quantitative estimate of drug-likeness (QED) is 0.349. The molecule has 3 N–H and O–H groups in total. The van der Waals surface area contributed by atoms with Gasteiger partial charge in [0.2, 0.25) is 15.7 Å². The molecule has 10 heteroatoms. The van der Waals surface area contributed by atoms with E-state index in [0.29, 0.717) is 6.42 Å². The van der Waals surface area contributed by atoms with Crippen LogP contribution in [0.1, 0.15) is 36.2 Å². The number of rotatable bonds is 11. The van der Waals surface area contributed by atoms with Crippen LogP contribution in [0.3, 0.4) is 0 Å². The Kier molecular flexibility index (Phi) is 9.00. The smallest absolute Gasteiger partial charge is 0.326 e. The molecule has 0 aliphatic carbocycles. The maximum Gasteiger partial charge on any atom is 0.326 e. The van der Waals surface area contributed by atoms with Crippen LogP contribution in [0.2, 0.25) is 0 Å². The normalized spacial score (nSPS) is 13.1. The summed E-state index contributed by atoms with van der Waals surface area (Å²) in [6, 6.07) is 15.4. The van der Waals surface area contributed by atoms with Crippen LogP contribution in [0.4, 0.5) is 0 Å². The van der Waals surface area contributed by atoms with Crippen LogP contribution in [0.15, 0.2) is 81.2 Å². The van der Waals surface area contributed by atoms with Gasteiger partial charge in [-0.05, 0) is 53.6 Å². The molecule has 190 valence electrons. The summed E-state index contributed by atoms with van der Waals surface area (Å²) in [6.45, 7) is 3.77. The summed E-state index contributed by atoms with van der Waals surface area (Å²) in [5.74, 6) is -2.30. The Labute approximate surface area is 214 Å². The lowest BCUT2D eigenvalue weighted by Gasteiger charge is -2.23. The number of sulfone groups is 1. The molecule has 0 bridgehead atoms. The van der Waals surface area contributed by atoms with E-state index in [2.05, 4.69) is 10.6 Å². The summed E-state index contributed by atoms with van der Waals surface area (Å²) in [5.41, 5.74) is 0.938. The Bertz CT molecular complexity index is 1290. The fraction of sp³-hybridized carbons (Fsp3) is 0.269. The lowest BCUT2D eigenvalue weighted by Crippen LogP contribution is -2.52. The van der Waals surface area contributed by atoms with Gasteiger partial charge >= 0.3 is 5.97 Å². The summed E-state index contributed by atoms with van der Waals surface area (Å²) in [5, 5.41) is 16.5. The molecule has 0 aliphatic heterocycles. The Morgan fingerprint density at radius 2 is 1.56 bits per heavy atom. The van der Waals surface area contributed by atoms with Crippen molar-refractivity contribution in [2.24, 2.45) is 5.92 Å². The molecule has 0 saturated carbocycles. The Hall–Kier alpha value is -3.50. The van der Waals surface area contributed by atoms with E-state index in [0.717, 1.165) is 16.9 Å². The molecule has 0 spiro atoms. The SMILES string of the molecule is CC(C)C[C@H](NC(=O)c1ccc(S(=O)(=O)c2cccs2)cc1)C(=O)N[C@@H](Cc1ccccc1)C(=O)O. The molecule has 0 aliphatic rings. The van der Waals surface area contributed by atoms with Gasteiger partial charge in [-0.15, -0.1) is 11.3 Å². The van der Waals surface area contributed by atoms with Crippen LogP contribution in [-0.4, -0.2) is 43.4 Å². The van der Waals surface area contributed by atoms with E-state index < -0.39 is 39.7 Å². The molecule has 3 aromatic rings. The van der Waals surface area contributed by atoms with Gasteiger partial charge in [0.25, 0.3) is 5.91 Å². The van der Waals surface area contributed by atoms with Crippen LogP contribution in [0, 0.1) is 5.92 Å². The number of hydrogen-bond donors (Lipinski definition) is 3. The van der Waals surface area contributed by atoms with Gasteiger partial charge in [0.15, 0.2) is 0 Å². The highest BCUT2D eigenvalue weighted by atomic mass is 32.2. The number of hydrogen-bond acceptors (Lipinski definition) is 6. The van der Waals surface area contributed by atoms with Crippen LogP contribution < -0.4 is 10.6 Å². The van der Waals surface area contributed by atoms with E-state index in [1.165, 1.54) is 30.3 Å². The number of carboxylic acid groups (broad SMARTS) is 1. The van der Waals surface area contributed by atoms with Gasteiger partial charge in [-0.25, -0.2) is 13.2 Å². The second-order valence-electron chi connectivity index (χ2n) is 8.70. The zero-order valence-electron chi connectivity index (χ0n) is 19.9. The third-order valence-corrected chi connectivity index (χ3v) is 8.58. The number of aliphatic carboxylic acids is 1. The lowest BCUT2D eigenvalue weighted by molar-refractivity contribution is -0.142. The number of carbonyl (C=O) groups excluding carboxylic acids is 2. The van der Waals surface area contributed by atoms with Crippen molar-refractivity contribution in [3.63, 3.8) is 0 Å². The van der Waals surface area contributed by atoms with Crippen molar-refractivity contribution in [1.82, 2.24) is 10.6 Å². The first-order valence-electron chi connectivity index (χ1n) is 11.3. The van der Waals surface area contributed by atoms with Crippen LogP contribution in [-0.2, 0) is 25.8 Å². The van der Waals surface area contributed by atoms with Crippen molar-refractivity contribution in [2.45, 2.75) is 47.9 Å². The van der Waals surface area contributed by atoms with Gasteiger partial charge in [0.05, 0.1) is 4.90 Å². The van der Waals surface area contributed by atoms with Gasteiger partial charge in [0, 0.05) is 12.0 Å².